The van der Waals surface area contributed by atoms with Crippen molar-refractivity contribution < 1.29 is 9.53 Å². The smallest absolute Gasteiger partial charge is 0.248 e. The van der Waals surface area contributed by atoms with Gasteiger partial charge in [-0.15, -0.1) is 0 Å². The van der Waals surface area contributed by atoms with Crippen molar-refractivity contribution in [1.29, 1.82) is 0 Å². The van der Waals surface area contributed by atoms with E-state index in [4.69, 9.17) is 4.74 Å². The number of carbonyl (C=O) groups excluding carboxylic acids is 1. The molecule has 0 heterocycles. The average molecular weight is 174 g/mol. The van der Waals surface area contributed by atoms with Gasteiger partial charge < -0.3 is 15.0 Å². The minimum atomic E-state index is -0.354. The van der Waals surface area contributed by atoms with Crippen molar-refractivity contribution in [2.45, 2.75) is 13.0 Å². The number of nitrogens with zero attached hydrogens (tertiary/aromatic N) is 1. The van der Waals surface area contributed by atoms with Crippen LogP contribution in [-0.2, 0) is 9.53 Å². The van der Waals surface area contributed by atoms with E-state index in [0.29, 0.717) is 6.54 Å². The summed E-state index contributed by atoms with van der Waals surface area (Å²) >= 11 is 0. The van der Waals surface area contributed by atoms with E-state index in [9.17, 15) is 4.79 Å². The average Bonchev–Trinajstić information content (AvgIpc) is 2.02. The Labute approximate surface area is 73.9 Å². The molecule has 1 unspecified atom stereocenters. The zero-order valence-corrected chi connectivity index (χ0v) is 8.26. The maximum absolute atomic E-state index is 11.1. The van der Waals surface area contributed by atoms with E-state index in [1.165, 1.54) is 7.11 Å². The van der Waals surface area contributed by atoms with E-state index >= 15 is 0 Å². The topological polar surface area (TPSA) is 41.6 Å². The molecule has 12 heavy (non-hydrogen) atoms. The highest BCUT2D eigenvalue weighted by atomic mass is 16.5. The van der Waals surface area contributed by atoms with Gasteiger partial charge in [-0.2, -0.15) is 0 Å². The zero-order valence-electron chi connectivity index (χ0n) is 8.26. The van der Waals surface area contributed by atoms with Gasteiger partial charge in [-0.25, -0.2) is 0 Å². The first kappa shape index (κ1) is 11.4. The molecule has 4 heteroatoms. The Morgan fingerprint density at radius 3 is 2.58 bits per heavy atom. The molecule has 0 fully saturated rings. The van der Waals surface area contributed by atoms with Crippen LogP contribution in [0.4, 0.5) is 0 Å². The Balaban J connectivity index is 3.44. The van der Waals surface area contributed by atoms with Crippen LogP contribution in [0.1, 0.15) is 6.92 Å². The van der Waals surface area contributed by atoms with E-state index in [1.807, 2.05) is 19.0 Å². The van der Waals surface area contributed by atoms with Crippen molar-refractivity contribution >= 4 is 5.91 Å². The third-order valence-electron chi connectivity index (χ3n) is 1.58. The number of nitrogens with one attached hydrogen (secondary N) is 1. The summed E-state index contributed by atoms with van der Waals surface area (Å²) in [6.07, 6.45) is -0.354. The molecule has 0 saturated carbocycles. The minimum absolute atomic E-state index is 0.0562. The van der Waals surface area contributed by atoms with Crippen LogP contribution in [0.5, 0.6) is 0 Å². The van der Waals surface area contributed by atoms with Crippen LogP contribution >= 0.6 is 0 Å². The van der Waals surface area contributed by atoms with Gasteiger partial charge in [0, 0.05) is 20.2 Å². The third-order valence-corrected chi connectivity index (χ3v) is 1.58. The van der Waals surface area contributed by atoms with Crippen molar-refractivity contribution in [2.24, 2.45) is 0 Å². The maximum atomic E-state index is 11.1. The van der Waals surface area contributed by atoms with Gasteiger partial charge in [0.25, 0.3) is 0 Å². The lowest BCUT2D eigenvalue weighted by Crippen LogP contribution is -2.37. The van der Waals surface area contributed by atoms with E-state index in [0.717, 1.165) is 6.54 Å². The molecule has 72 valence electrons. The predicted octanol–water partition coefficient (Wildman–Crippen LogP) is -0.301. The van der Waals surface area contributed by atoms with Gasteiger partial charge >= 0.3 is 0 Å². The second kappa shape index (κ2) is 5.97. The highest BCUT2D eigenvalue weighted by molar-refractivity contribution is 5.80. The first-order chi connectivity index (χ1) is 5.57. The number of ether oxygens (including phenoxy) is 1. The Hall–Kier alpha value is -0.610. The Bertz CT molecular complexity index is 137. The predicted molar refractivity (Wildman–Crippen MR) is 48.0 cm³/mol. The molecule has 0 aromatic heterocycles. The van der Waals surface area contributed by atoms with E-state index in [2.05, 4.69) is 5.32 Å². The van der Waals surface area contributed by atoms with Gasteiger partial charge in [0.05, 0.1) is 0 Å². The van der Waals surface area contributed by atoms with Crippen LogP contribution in [0.3, 0.4) is 0 Å². The second-order valence-corrected chi connectivity index (χ2v) is 2.97. The third kappa shape index (κ3) is 5.09. The first-order valence-electron chi connectivity index (χ1n) is 4.03. The summed E-state index contributed by atoms with van der Waals surface area (Å²) in [5.41, 5.74) is 0. The van der Waals surface area contributed by atoms with E-state index in [1.54, 1.807) is 6.92 Å². The Morgan fingerprint density at radius 2 is 2.17 bits per heavy atom. The number of hydrogen-bond donors (Lipinski definition) is 1. The summed E-state index contributed by atoms with van der Waals surface area (Å²) in [6, 6.07) is 0. The Kier molecular flexibility index (Phi) is 5.66. The van der Waals surface area contributed by atoms with Gasteiger partial charge in [0.1, 0.15) is 6.10 Å². The fraction of sp³-hybridized carbons (Fsp3) is 0.875. The van der Waals surface area contributed by atoms with Crippen molar-refractivity contribution in [2.75, 3.05) is 34.3 Å². The van der Waals surface area contributed by atoms with Crippen LogP contribution in [-0.4, -0.2) is 51.2 Å². The highest BCUT2D eigenvalue weighted by Crippen LogP contribution is 1.85. The lowest BCUT2D eigenvalue weighted by atomic mass is 10.4. The summed E-state index contributed by atoms with van der Waals surface area (Å²) in [5.74, 6) is -0.0562. The first-order valence-corrected chi connectivity index (χ1v) is 4.03. The van der Waals surface area contributed by atoms with Gasteiger partial charge in [-0.1, -0.05) is 0 Å². The molecule has 0 aliphatic rings. The molecule has 0 bridgehead atoms. The number of amides is 1. The van der Waals surface area contributed by atoms with E-state index < -0.39 is 0 Å². The monoisotopic (exact) mass is 174 g/mol. The highest BCUT2D eigenvalue weighted by Gasteiger charge is 2.09. The number of methoxy groups -OCH3 is 1. The molecule has 1 amide bonds. The van der Waals surface area contributed by atoms with Crippen LogP contribution in [0.2, 0.25) is 0 Å². The lowest BCUT2D eigenvalue weighted by Gasteiger charge is -2.12. The van der Waals surface area contributed by atoms with Crippen LogP contribution in [0, 0.1) is 0 Å². The normalized spacial score (nSPS) is 13.1. The van der Waals surface area contributed by atoms with Crippen molar-refractivity contribution in [3.8, 4) is 0 Å². The molecule has 1 N–H and O–H groups in total. The molecule has 0 aromatic rings. The summed E-state index contributed by atoms with van der Waals surface area (Å²) in [7, 11) is 5.45. The largest absolute Gasteiger partial charge is 0.372 e. The Morgan fingerprint density at radius 1 is 1.58 bits per heavy atom. The summed E-state index contributed by atoms with van der Waals surface area (Å²) in [4.78, 5) is 13.1. The summed E-state index contributed by atoms with van der Waals surface area (Å²) in [5, 5.41) is 2.76. The molecule has 0 aliphatic carbocycles. The molecule has 0 saturated heterocycles. The molecule has 0 radical (unpaired) electrons. The van der Waals surface area contributed by atoms with Gasteiger partial charge in [-0.3, -0.25) is 4.79 Å². The quantitative estimate of drug-likeness (QED) is 0.622. The number of carbonyl (C=O) groups is 1. The second-order valence-electron chi connectivity index (χ2n) is 2.97. The fourth-order valence-corrected chi connectivity index (χ4v) is 0.653. The van der Waals surface area contributed by atoms with Gasteiger partial charge in [0.2, 0.25) is 5.91 Å². The van der Waals surface area contributed by atoms with Gasteiger partial charge in [-0.05, 0) is 21.0 Å². The van der Waals surface area contributed by atoms with Crippen molar-refractivity contribution in [3.05, 3.63) is 0 Å². The number of likely N-dealkylation sites (N-methyl/N-ethyl adjacent to an activating group) is 1. The molecule has 0 spiro atoms. The van der Waals surface area contributed by atoms with E-state index in [-0.39, 0.29) is 12.0 Å². The molecule has 0 rings (SSSR count). The summed E-state index contributed by atoms with van der Waals surface area (Å²) in [6.45, 7) is 3.24. The van der Waals surface area contributed by atoms with Crippen LogP contribution < -0.4 is 5.32 Å². The molecule has 0 aliphatic heterocycles. The lowest BCUT2D eigenvalue weighted by molar-refractivity contribution is -0.130. The van der Waals surface area contributed by atoms with Crippen molar-refractivity contribution in [3.63, 3.8) is 0 Å². The molecule has 4 nitrogen and oxygen atoms in total. The molecular weight excluding hydrogens is 156 g/mol. The standard InChI is InChI=1S/C8H18N2O2/c1-7(12-4)8(11)9-5-6-10(2)3/h7H,5-6H2,1-4H3,(H,9,11). The van der Waals surface area contributed by atoms with Gasteiger partial charge in [0.15, 0.2) is 0 Å². The van der Waals surface area contributed by atoms with Crippen LogP contribution in [0.15, 0.2) is 0 Å². The number of rotatable bonds is 5. The molecule has 0 aromatic carbocycles. The number of hydrogen-bond acceptors (Lipinski definition) is 3. The molecular formula is C8H18N2O2. The fourth-order valence-electron chi connectivity index (χ4n) is 0.653. The molecule has 1 atom stereocenters. The SMILES string of the molecule is COC(C)C(=O)NCCN(C)C. The zero-order chi connectivity index (χ0) is 9.56. The van der Waals surface area contributed by atoms with Crippen LogP contribution in [0.25, 0.3) is 0 Å². The maximum Gasteiger partial charge on any atom is 0.248 e. The summed E-state index contributed by atoms with van der Waals surface area (Å²) < 4.78 is 4.84. The minimum Gasteiger partial charge on any atom is -0.372 e. The van der Waals surface area contributed by atoms with Crippen molar-refractivity contribution in [1.82, 2.24) is 10.2 Å².